The van der Waals surface area contributed by atoms with E-state index in [0.717, 1.165) is 11.1 Å². The summed E-state index contributed by atoms with van der Waals surface area (Å²) in [6, 6.07) is 11.6. The van der Waals surface area contributed by atoms with Gasteiger partial charge in [0.05, 0.1) is 12.1 Å². The molecule has 2 N–H and O–H groups in total. The molecule has 0 fully saturated rings. The molecule has 0 aromatic heterocycles. The Hall–Kier alpha value is -2.69. The third-order valence-electron chi connectivity index (χ3n) is 3.04. The number of rotatable bonds is 4. The van der Waals surface area contributed by atoms with Crippen LogP contribution in [0.25, 0.3) is 0 Å². The number of halogens is 1. The zero-order chi connectivity index (χ0) is 16.1. The molecule has 0 aliphatic rings. The van der Waals surface area contributed by atoms with Gasteiger partial charge in [0.1, 0.15) is 5.82 Å². The lowest BCUT2D eigenvalue weighted by atomic mass is 10.1. The minimum Gasteiger partial charge on any atom is -0.326 e. The summed E-state index contributed by atoms with van der Waals surface area (Å²) in [6.45, 7) is 3.21. The molecule has 0 unspecified atom stereocenters. The molecular formula is C17H17FN2O2. The predicted octanol–water partition coefficient (Wildman–Crippen LogP) is 3.27. The van der Waals surface area contributed by atoms with Gasteiger partial charge in [0.25, 0.3) is 0 Å². The first-order valence-corrected chi connectivity index (χ1v) is 6.86. The second-order valence-corrected chi connectivity index (χ2v) is 5.09. The van der Waals surface area contributed by atoms with Crippen molar-refractivity contribution in [2.75, 3.05) is 10.6 Å². The molecule has 0 saturated heterocycles. The average Bonchev–Trinajstić information content (AvgIpc) is 2.43. The van der Waals surface area contributed by atoms with Crippen molar-refractivity contribution < 1.29 is 14.0 Å². The van der Waals surface area contributed by atoms with Gasteiger partial charge < -0.3 is 10.6 Å². The van der Waals surface area contributed by atoms with Crippen LogP contribution in [0.3, 0.4) is 0 Å². The van der Waals surface area contributed by atoms with E-state index < -0.39 is 5.82 Å². The van der Waals surface area contributed by atoms with Crippen molar-refractivity contribution in [3.8, 4) is 0 Å². The van der Waals surface area contributed by atoms with Crippen LogP contribution < -0.4 is 10.6 Å². The highest BCUT2D eigenvalue weighted by Gasteiger charge is 2.08. The Balaban J connectivity index is 1.98. The van der Waals surface area contributed by atoms with Crippen LogP contribution in [0.15, 0.2) is 42.5 Å². The highest BCUT2D eigenvalue weighted by molar-refractivity contribution is 5.92. The van der Waals surface area contributed by atoms with Crippen molar-refractivity contribution in [1.82, 2.24) is 0 Å². The monoisotopic (exact) mass is 300 g/mol. The molecule has 0 spiro atoms. The maximum atomic E-state index is 13.7. The van der Waals surface area contributed by atoms with E-state index in [1.165, 1.54) is 13.0 Å². The van der Waals surface area contributed by atoms with Crippen LogP contribution in [-0.2, 0) is 16.0 Å². The predicted molar refractivity (Wildman–Crippen MR) is 84.2 cm³/mol. The number of hydrogen-bond donors (Lipinski definition) is 2. The normalized spacial score (nSPS) is 10.1. The van der Waals surface area contributed by atoms with Gasteiger partial charge in [0.15, 0.2) is 0 Å². The van der Waals surface area contributed by atoms with E-state index in [1.54, 1.807) is 43.3 Å². The summed E-state index contributed by atoms with van der Waals surface area (Å²) in [4.78, 5) is 22.9. The van der Waals surface area contributed by atoms with Crippen molar-refractivity contribution in [3.05, 3.63) is 59.4 Å². The lowest BCUT2D eigenvalue weighted by molar-refractivity contribution is -0.116. The topological polar surface area (TPSA) is 58.2 Å². The number of anilines is 2. The van der Waals surface area contributed by atoms with Gasteiger partial charge in [-0.05, 0) is 42.3 Å². The summed E-state index contributed by atoms with van der Waals surface area (Å²) < 4.78 is 13.7. The number of aryl methyl sites for hydroxylation is 1. The minimum absolute atomic E-state index is 0.133. The van der Waals surface area contributed by atoms with Crippen LogP contribution in [0, 0.1) is 12.7 Å². The number of hydrogen-bond acceptors (Lipinski definition) is 2. The lowest BCUT2D eigenvalue weighted by Gasteiger charge is -2.08. The Labute approximate surface area is 128 Å². The van der Waals surface area contributed by atoms with Crippen LogP contribution in [0.1, 0.15) is 18.1 Å². The van der Waals surface area contributed by atoms with Crippen LogP contribution >= 0.6 is 0 Å². The summed E-state index contributed by atoms with van der Waals surface area (Å²) in [5.41, 5.74) is 2.41. The average molecular weight is 300 g/mol. The molecule has 0 radical (unpaired) electrons. The molecule has 0 aliphatic heterocycles. The molecule has 0 bridgehead atoms. The number of carbonyl (C=O) groups is 2. The Morgan fingerprint density at radius 2 is 1.73 bits per heavy atom. The van der Waals surface area contributed by atoms with Crippen LogP contribution in [0.5, 0.6) is 0 Å². The van der Waals surface area contributed by atoms with Gasteiger partial charge in [0, 0.05) is 12.6 Å². The molecule has 0 atom stereocenters. The molecule has 2 rings (SSSR count). The second-order valence-electron chi connectivity index (χ2n) is 5.09. The van der Waals surface area contributed by atoms with Gasteiger partial charge >= 0.3 is 0 Å². The molecule has 2 aromatic rings. The van der Waals surface area contributed by atoms with E-state index in [-0.39, 0.29) is 23.9 Å². The molecule has 22 heavy (non-hydrogen) atoms. The van der Waals surface area contributed by atoms with Crippen LogP contribution in [0.2, 0.25) is 0 Å². The molecule has 5 heteroatoms. The Morgan fingerprint density at radius 1 is 1.05 bits per heavy atom. The van der Waals surface area contributed by atoms with Crippen LogP contribution in [0.4, 0.5) is 15.8 Å². The highest BCUT2D eigenvalue weighted by atomic mass is 19.1. The molecule has 0 saturated carbocycles. The van der Waals surface area contributed by atoms with Crippen molar-refractivity contribution in [2.24, 2.45) is 0 Å². The first-order valence-electron chi connectivity index (χ1n) is 6.86. The number of nitrogens with one attached hydrogen (secondary N) is 2. The maximum absolute atomic E-state index is 13.7. The summed E-state index contributed by atoms with van der Waals surface area (Å²) in [5.74, 6) is -0.898. The summed E-state index contributed by atoms with van der Waals surface area (Å²) in [5, 5.41) is 5.20. The van der Waals surface area contributed by atoms with Gasteiger partial charge in [-0.2, -0.15) is 0 Å². The standard InChI is InChI=1S/C17H17FN2O2/c1-11-3-8-16(15(18)9-11)20-17(22)10-13-4-6-14(7-5-13)19-12(2)21/h3-9H,10H2,1-2H3,(H,19,21)(H,20,22). The van der Waals surface area contributed by atoms with Crippen LogP contribution in [-0.4, -0.2) is 11.8 Å². The van der Waals surface area contributed by atoms with E-state index in [1.807, 2.05) is 0 Å². The van der Waals surface area contributed by atoms with E-state index in [2.05, 4.69) is 10.6 Å². The van der Waals surface area contributed by atoms with Gasteiger partial charge in [-0.3, -0.25) is 9.59 Å². The van der Waals surface area contributed by atoms with E-state index in [4.69, 9.17) is 0 Å². The van der Waals surface area contributed by atoms with Crippen molar-refractivity contribution in [3.63, 3.8) is 0 Å². The van der Waals surface area contributed by atoms with Crippen molar-refractivity contribution >= 4 is 23.2 Å². The fourth-order valence-corrected chi connectivity index (χ4v) is 2.01. The SMILES string of the molecule is CC(=O)Nc1ccc(CC(=O)Nc2ccc(C)cc2F)cc1. The van der Waals surface area contributed by atoms with Gasteiger partial charge in [0.2, 0.25) is 11.8 Å². The second kappa shape index (κ2) is 6.85. The number of amides is 2. The summed E-state index contributed by atoms with van der Waals surface area (Å²) in [7, 11) is 0. The molecule has 4 nitrogen and oxygen atoms in total. The third kappa shape index (κ3) is 4.41. The van der Waals surface area contributed by atoms with Gasteiger partial charge in [-0.25, -0.2) is 4.39 Å². The largest absolute Gasteiger partial charge is 0.326 e. The fraction of sp³-hybridized carbons (Fsp3) is 0.176. The number of benzene rings is 2. The Morgan fingerprint density at radius 3 is 2.32 bits per heavy atom. The molecule has 2 aromatic carbocycles. The lowest BCUT2D eigenvalue weighted by Crippen LogP contribution is -2.15. The quantitative estimate of drug-likeness (QED) is 0.910. The smallest absolute Gasteiger partial charge is 0.228 e. The molecule has 2 amide bonds. The van der Waals surface area contributed by atoms with E-state index in [0.29, 0.717) is 5.69 Å². The first kappa shape index (κ1) is 15.7. The fourth-order valence-electron chi connectivity index (χ4n) is 2.01. The zero-order valence-electron chi connectivity index (χ0n) is 12.4. The van der Waals surface area contributed by atoms with Crippen molar-refractivity contribution in [2.45, 2.75) is 20.3 Å². The minimum atomic E-state index is -0.450. The Kier molecular flexibility index (Phi) is 4.88. The highest BCUT2D eigenvalue weighted by Crippen LogP contribution is 2.16. The molecule has 114 valence electrons. The van der Waals surface area contributed by atoms with Crippen molar-refractivity contribution in [1.29, 1.82) is 0 Å². The summed E-state index contributed by atoms with van der Waals surface area (Å²) in [6.07, 6.45) is 0.133. The zero-order valence-corrected chi connectivity index (χ0v) is 12.4. The third-order valence-corrected chi connectivity index (χ3v) is 3.04. The molecular weight excluding hydrogens is 283 g/mol. The summed E-state index contributed by atoms with van der Waals surface area (Å²) >= 11 is 0. The maximum Gasteiger partial charge on any atom is 0.228 e. The van der Waals surface area contributed by atoms with Gasteiger partial charge in [-0.15, -0.1) is 0 Å². The first-order chi connectivity index (χ1) is 10.4. The van der Waals surface area contributed by atoms with E-state index in [9.17, 15) is 14.0 Å². The number of carbonyl (C=O) groups excluding carboxylic acids is 2. The molecule has 0 heterocycles. The van der Waals surface area contributed by atoms with Gasteiger partial charge in [-0.1, -0.05) is 18.2 Å². The van der Waals surface area contributed by atoms with E-state index >= 15 is 0 Å². The Bertz CT molecular complexity index is 696. The molecule has 0 aliphatic carbocycles.